The molecule has 1 aromatic carbocycles. The lowest BCUT2D eigenvalue weighted by molar-refractivity contribution is 0.0526. The van der Waals surface area contributed by atoms with Crippen LogP contribution in [0.15, 0.2) is 45.9 Å². The van der Waals surface area contributed by atoms with Gasteiger partial charge in [0.15, 0.2) is 5.11 Å². The lowest BCUT2D eigenvalue weighted by Crippen LogP contribution is -2.28. The van der Waals surface area contributed by atoms with E-state index in [0.717, 1.165) is 5.56 Å². The number of esters is 1. The number of ether oxygens (including phenoxy) is 1. The Morgan fingerprint density at radius 3 is 2.70 bits per heavy atom. The van der Waals surface area contributed by atoms with Crippen LogP contribution in [0.25, 0.3) is 11.3 Å². The van der Waals surface area contributed by atoms with E-state index >= 15 is 0 Å². The van der Waals surface area contributed by atoms with Gasteiger partial charge >= 0.3 is 5.97 Å². The molecular formula is C16H17N3O3S. The van der Waals surface area contributed by atoms with E-state index in [1.807, 2.05) is 6.07 Å². The van der Waals surface area contributed by atoms with Crippen LogP contribution in [-0.4, -0.2) is 31.0 Å². The van der Waals surface area contributed by atoms with Gasteiger partial charge in [-0.2, -0.15) is 5.10 Å². The first-order valence-electron chi connectivity index (χ1n) is 7.02. The van der Waals surface area contributed by atoms with Crippen molar-refractivity contribution in [3.63, 3.8) is 0 Å². The number of nitrogens with zero attached hydrogens (tertiary/aromatic N) is 1. The highest BCUT2D eigenvalue weighted by Crippen LogP contribution is 2.22. The summed E-state index contributed by atoms with van der Waals surface area (Å²) in [6, 6.07) is 10.6. The fourth-order valence-electron chi connectivity index (χ4n) is 1.77. The summed E-state index contributed by atoms with van der Waals surface area (Å²) in [4.78, 5) is 11.6. The second kappa shape index (κ2) is 8.09. The fraction of sp³-hybridized carbons (Fsp3) is 0.188. The van der Waals surface area contributed by atoms with Crippen molar-refractivity contribution in [2.75, 3.05) is 13.7 Å². The molecule has 0 aliphatic rings. The Balaban J connectivity index is 2.05. The largest absolute Gasteiger partial charge is 0.462 e. The molecule has 2 rings (SSSR count). The second-order valence-corrected chi connectivity index (χ2v) is 4.86. The van der Waals surface area contributed by atoms with Crippen molar-refractivity contribution in [3.05, 3.63) is 47.7 Å². The van der Waals surface area contributed by atoms with Crippen LogP contribution in [0.3, 0.4) is 0 Å². The van der Waals surface area contributed by atoms with Crippen LogP contribution in [0, 0.1) is 0 Å². The Hall–Kier alpha value is -2.67. The van der Waals surface area contributed by atoms with Gasteiger partial charge in [-0.05, 0) is 43.4 Å². The smallest absolute Gasteiger partial charge is 0.338 e. The summed E-state index contributed by atoms with van der Waals surface area (Å²) in [5, 5.41) is 7.11. The zero-order valence-corrected chi connectivity index (χ0v) is 13.6. The SMILES string of the molecule is CCOC(=O)c1ccc(-c2ccc(/C=N/NC(=S)NC)o2)cc1. The molecule has 0 bridgehead atoms. The van der Waals surface area contributed by atoms with Crippen molar-refractivity contribution in [3.8, 4) is 11.3 Å². The first kappa shape index (κ1) is 16.7. The predicted molar refractivity (Wildman–Crippen MR) is 92.5 cm³/mol. The Kier molecular flexibility index (Phi) is 5.87. The Labute approximate surface area is 139 Å². The minimum absolute atomic E-state index is 0.335. The lowest BCUT2D eigenvalue weighted by Gasteiger charge is -2.02. The maximum absolute atomic E-state index is 11.6. The van der Waals surface area contributed by atoms with Crippen molar-refractivity contribution < 1.29 is 13.9 Å². The number of carbonyl (C=O) groups excluding carboxylic acids is 1. The van der Waals surface area contributed by atoms with Crippen LogP contribution >= 0.6 is 12.2 Å². The van der Waals surface area contributed by atoms with E-state index in [1.54, 1.807) is 44.3 Å². The summed E-state index contributed by atoms with van der Waals surface area (Å²) < 4.78 is 10.6. The summed E-state index contributed by atoms with van der Waals surface area (Å²) in [7, 11) is 1.70. The van der Waals surface area contributed by atoms with Crippen molar-refractivity contribution in [2.45, 2.75) is 6.92 Å². The van der Waals surface area contributed by atoms with Crippen LogP contribution in [0.2, 0.25) is 0 Å². The van der Waals surface area contributed by atoms with Crippen molar-refractivity contribution in [2.24, 2.45) is 5.10 Å². The summed E-state index contributed by atoms with van der Waals surface area (Å²) >= 11 is 4.90. The number of rotatable bonds is 5. The number of carbonyl (C=O) groups is 1. The van der Waals surface area contributed by atoms with E-state index < -0.39 is 0 Å². The van der Waals surface area contributed by atoms with E-state index in [0.29, 0.717) is 28.8 Å². The van der Waals surface area contributed by atoms with E-state index in [-0.39, 0.29) is 5.97 Å². The fourth-order valence-corrected chi connectivity index (χ4v) is 1.83. The molecule has 0 aliphatic heterocycles. The Bertz CT molecular complexity index is 708. The average molecular weight is 331 g/mol. The molecule has 2 aromatic rings. The highest BCUT2D eigenvalue weighted by Gasteiger charge is 2.08. The maximum Gasteiger partial charge on any atom is 0.338 e. The lowest BCUT2D eigenvalue weighted by atomic mass is 10.1. The van der Waals surface area contributed by atoms with Gasteiger partial charge in [-0.15, -0.1) is 0 Å². The van der Waals surface area contributed by atoms with E-state index in [2.05, 4.69) is 15.8 Å². The van der Waals surface area contributed by atoms with Crippen LogP contribution < -0.4 is 10.7 Å². The highest BCUT2D eigenvalue weighted by atomic mass is 32.1. The minimum Gasteiger partial charge on any atom is -0.462 e. The van der Waals surface area contributed by atoms with Crippen molar-refractivity contribution >= 4 is 29.5 Å². The molecule has 0 saturated carbocycles. The molecule has 0 atom stereocenters. The Morgan fingerprint density at radius 2 is 2.04 bits per heavy atom. The molecule has 7 heteroatoms. The number of hydrazone groups is 1. The first-order valence-corrected chi connectivity index (χ1v) is 7.43. The predicted octanol–water partition coefficient (Wildman–Crippen LogP) is 2.55. The van der Waals surface area contributed by atoms with E-state index in [9.17, 15) is 4.79 Å². The Morgan fingerprint density at radius 1 is 1.30 bits per heavy atom. The van der Waals surface area contributed by atoms with Gasteiger partial charge in [-0.25, -0.2) is 4.79 Å². The van der Waals surface area contributed by atoms with Crippen molar-refractivity contribution in [1.29, 1.82) is 0 Å². The zero-order valence-electron chi connectivity index (χ0n) is 12.8. The molecule has 0 radical (unpaired) electrons. The van der Waals surface area contributed by atoms with Crippen LogP contribution in [-0.2, 0) is 4.74 Å². The monoisotopic (exact) mass is 331 g/mol. The quantitative estimate of drug-likeness (QED) is 0.379. The number of thiocarbonyl (C=S) groups is 1. The summed E-state index contributed by atoms with van der Waals surface area (Å²) in [5.41, 5.74) is 4.01. The molecule has 0 spiro atoms. The molecule has 6 nitrogen and oxygen atoms in total. The third-order valence-corrected chi connectivity index (χ3v) is 3.19. The molecular weight excluding hydrogens is 314 g/mol. The van der Waals surface area contributed by atoms with Gasteiger partial charge in [0.2, 0.25) is 0 Å². The van der Waals surface area contributed by atoms with E-state index in [4.69, 9.17) is 21.4 Å². The van der Waals surface area contributed by atoms with Crippen LogP contribution in [0.5, 0.6) is 0 Å². The molecule has 2 N–H and O–H groups in total. The number of nitrogens with one attached hydrogen (secondary N) is 2. The third-order valence-electron chi connectivity index (χ3n) is 2.89. The van der Waals surface area contributed by atoms with Gasteiger partial charge in [0.05, 0.1) is 18.4 Å². The number of benzene rings is 1. The number of hydrogen-bond donors (Lipinski definition) is 2. The molecule has 1 heterocycles. The van der Waals surface area contributed by atoms with Gasteiger partial charge in [-0.1, -0.05) is 12.1 Å². The topological polar surface area (TPSA) is 75.9 Å². The van der Waals surface area contributed by atoms with E-state index in [1.165, 1.54) is 6.21 Å². The summed E-state index contributed by atoms with van der Waals surface area (Å²) in [6.07, 6.45) is 1.53. The molecule has 0 saturated heterocycles. The number of hydrogen-bond acceptors (Lipinski definition) is 5. The molecule has 1 aromatic heterocycles. The van der Waals surface area contributed by atoms with Crippen LogP contribution in [0.1, 0.15) is 23.0 Å². The van der Waals surface area contributed by atoms with Crippen molar-refractivity contribution in [1.82, 2.24) is 10.7 Å². The summed E-state index contributed by atoms with van der Waals surface area (Å²) in [6.45, 7) is 2.13. The highest BCUT2D eigenvalue weighted by molar-refractivity contribution is 7.80. The number of furan rings is 1. The molecule has 23 heavy (non-hydrogen) atoms. The standard InChI is InChI=1S/C16H17N3O3S/c1-3-21-15(20)12-6-4-11(5-7-12)14-9-8-13(22-14)10-18-19-16(23)17-2/h4-10H,3H2,1-2H3,(H2,17,19,23)/b18-10+. The van der Waals surface area contributed by atoms with Gasteiger partial charge in [0.1, 0.15) is 11.5 Å². The molecule has 0 amide bonds. The van der Waals surface area contributed by atoms with Gasteiger partial charge in [-0.3, -0.25) is 5.43 Å². The van der Waals surface area contributed by atoms with Crippen LogP contribution in [0.4, 0.5) is 0 Å². The third kappa shape index (κ3) is 4.65. The molecule has 0 unspecified atom stereocenters. The summed E-state index contributed by atoms with van der Waals surface area (Å²) in [5.74, 6) is 0.928. The minimum atomic E-state index is -0.335. The molecule has 0 aliphatic carbocycles. The first-order chi connectivity index (χ1) is 11.1. The zero-order chi connectivity index (χ0) is 16.7. The van der Waals surface area contributed by atoms with Gasteiger partial charge < -0.3 is 14.5 Å². The van der Waals surface area contributed by atoms with Gasteiger partial charge in [0, 0.05) is 12.6 Å². The molecule has 120 valence electrons. The second-order valence-electron chi connectivity index (χ2n) is 4.45. The maximum atomic E-state index is 11.6. The normalized spacial score (nSPS) is 10.5. The molecule has 0 fully saturated rings. The van der Waals surface area contributed by atoms with Gasteiger partial charge in [0.25, 0.3) is 0 Å². The average Bonchev–Trinajstić information content (AvgIpc) is 3.04.